The number of nitrogen functional groups attached to an aromatic ring is 1. The standard InChI is InChI=1S/C28H21BrN6OS.C2H6/c29-18-9-8-17-12-25(35(24(17)13-18)37-20-4-2-1-3-5-20)26(36)21-15-31-34(27(21)30)19-10-11-22-23(14-19)33-28(32-22)16-6-7-16;1-2/h1-5,8-16H,6-7,30H2,(H,32,33);1-2H3. The van der Waals surface area contributed by atoms with E-state index in [1.54, 1.807) is 10.9 Å². The maximum absolute atomic E-state index is 13.9. The number of aromatic amines is 1. The van der Waals surface area contributed by atoms with Gasteiger partial charge in [0.2, 0.25) is 5.78 Å². The Morgan fingerprint density at radius 2 is 1.85 bits per heavy atom. The lowest BCUT2D eigenvalue weighted by atomic mass is 10.1. The molecule has 39 heavy (non-hydrogen) atoms. The summed E-state index contributed by atoms with van der Waals surface area (Å²) in [6, 6.07) is 23.8. The van der Waals surface area contributed by atoms with Gasteiger partial charge in [0, 0.05) is 20.7 Å². The van der Waals surface area contributed by atoms with Gasteiger partial charge >= 0.3 is 0 Å². The molecule has 1 aliphatic carbocycles. The number of carbonyl (C=O) groups is 1. The highest BCUT2D eigenvalue weighted by atomic mass is 79.9. The molecular weight excluding hydrogens is 572 g/mol. The van der Waals surface area contributed by atoms with Gasteiger partial charge in [-0.15, -0.1) is 0 Å². The van der Waals surface area contributed by atoms with Crippen LogP contribution in [0.5, 0.6) is 0 Å². The molecule has 3 aromatic heterocycles. The number of hydrogen-bond acceptors (Lipinski definition) is 5. The number of fused-ring (bicyclic) bond motifs is 2. The Morgan fingerprint density at radius 1 is 1.05 bits per heavy atom. The molecule has 1 aliphatic rings. The van der Waals surface area contributed by atoms with Crippen LogP contribution < -0.4 is 5.73 Å². The Kier molecular flexibility index (Phi) is 6.78. The van der Waals surface area contributed by atoms with Crippen LogP contribution in [0.2, 0.25) is 0 Å². The topological polar surface area (TPSA) is 94.5 Å². The van der Waals surface area contributed by atoms with Gasteiger partial charge in [-0.1, -0.05) is 54.0 Å². The number of rotatable bonds is 6. The second-order valence-corrected chi connectivity index (χ2v) is 11.1. The molecule has 0 amide bonds. The molecule has 0 unspecified atom stereocenters. The number of aromatic nitrogens is 5. The zero-order chi connectivity index (χ0) is 27.1. The summed E-state index contributed by atoms with van der Waals surface area (Å²) in [6.07, 6.45) is 3.91. The van der Waals surface area contributed by atoms with E-state index in [1.807, 2.05) is 90.6 Å². The highest BCUT2D eigenvalue weighted by Crippen LogP contribution is 2.39. The maximum Gasteiger partial charge on any atom is 0.215 e. The summed E-state index contributed by atoms with van der Waals surface area (Å²) in [5, 5.41) is 5.46. The summed E-state index contributed by atoms with van der Waals surface area (Å²) in [5.41, 5.74) is 11.0. The van der Waals surface area contributed by atoms with Gasteiger partial charge in [0.05, 0.1) is 34.0 Å². The lowest BCUT2D eigenvalue weighted by Crippen LogP contribution is -2.10. The molecule has 1 fully saturated rings. The summed E-state index contributed by atoms with van der Waals surface area (Å²) in [5.74, 6) is 1.69. The third-order valence-corrected chi connectivity index (χ3v) is 8.19. The fraction of sp³-hybridized carbons (Fsp3) is 0.167. The van der Waals surface area contributed by atoms with E-state index in [4.69, 9.17) is 10.7 Å². The second kappa shape index (κ2) is 10.4. The number of nitrogens with one attached hydrogen (secondary N) is 1. The van der Waals surface area contributed by atoms with Gasteiger partial charge in [-0.2, -0.15) is 5.10 Å². The van der Waals surface area contributed by atoms with Crippen molar-refractivity contribution in [1.29, 1.82) is 0 Å². The van der Waals surface area contributed by atoms with Crippen LogP contribution in [0.1, 0.15) is 54.5 Å². The largest absolute Gasteiger partial charge is 0.383 e. The lowest BCUT2D eigenvalue weighted by molar-refractivity contribution is 0.103. The fourth-order valence-corrected chi connectivity index (χ4v) is 5.90. The molecule has 0 atom stereocenters. The Morgan fingerprint density at radius 3 is 2.62 bits per heavy atom. The van der Waals surface area contributed by atoms with Crippen molar-refractivity contribution in [3.63, 3.8) is 0 Å². The van der Waals surface area contributed by atoms with E-state index in [2.05, 4.69) is 26.0 Å². The molecule has 3 aromatic carbocycles. The number of imidazole rings is 1. The van der Waals surface area contributed by atoms with Gasteiger partial charge in [-0.25, -0.2) is 9.67 Å². The van der Waals surface area contributed by atoms with Gasteiger partial charge in [0.1, 0.15) is 17.3 Å². The first-order valence-corrected chi connectivity index (χ1v) is 14.5. The Labute approximate surface area is 238 Å². The zero-order valence-electron chi connectivity index (χ0n) is 21.6. The van der Waals surface area contributed by atoms with Crippen molar-refractivity contribution in [2.24, 2.45) is 0 Å². The van der Waals surface area contributed by atoms with Crippen molar-refractivity contribution in [2.75, 3.05) is 5.73 Å². The molecule has 9 heteroatoms. The molecule has 0 saturated heterocycles. The predicted molar refractivity (Wildman–Crippen MR) is 162 cm³/mol. The van der Waals surface area contributed by atoms with Crippen LogP contribution in [0, 0.1) is 0 Å². The number of hydrogen-bond donors (Lipinski definition) is 2. The fourth-order valence-electron chi connectivity index (χ4n) is 4.57. The van der Waals surface area contributed by atoms with E-state index < -0.39 is 0 Å². The number of halogens is 1. The van der Waals surface area contributed by atoms with E-state index in [0.29, 0.717) is 23.0 Å². The number of ketones is 1. The minimum absolute atomic E-state index is 0.182. The predicted octanol–water partition coefficient (Wildman–Crippen LogP) is 7.74. The number of nitrogens with zero attached hydrogens (tertiary/aromatic N) is 4. The first kappa shape index (κ1) is 25.5. The summed E-state index contributed by atoms with van der Waals surface area (Å²) < 4.78 is 4.52. The van der Waals surface area contributed by atoms with Crippen LogP contribution >= 0.6 is 27.9 Å². The molecule has 7 nitrogen and oxygen atoms in total. The third kappa shape index (κ3) is 4.77. The van der Waals surface area contributed by atoms with E-state index >= 15 is 0 Å². The van der Waals surface area contributed by atoms with Gasteiger partial charge < -0.3 is 10.7 Å². The lowest BCUT2D eigenvalue weighted by Gasteiger charge is -2.10. The number of anilines is 1. The summed E-state index contributed by atoms with van der Waals surface area (Å²) in [6.45, 7) is 4.00. The Balaban J connectivity index is 0.00000135. The molecule has 7 rings (SSSR count). The number of nitrogens with two attached hydrogens (primary N) is 1. The van der Waals surface area contributed by atoms with Gasteiger partial charge in [0.15, 0.2) is 0 Å². The third-order valence-electron chi connectivity index (χ3n) is 6.64. The highest BCUT2D eigenvalue weighted by molar-refractivity contribution is 9.10. The number of H-pyrrole nitrogens is 1. The molecule has 3 N–H and O–H groups in total. The molecule has 0 spiro atoms. The van der Waals surface area contributed by atoms with Gasteiger partial charge in [-0.3, -0.25) is 8.77 Å². The monoisotopic (exact) mass is 598 g/mol. The molecule has 6 aromatic rings. The van der Waals surface area contributed by atoms with Crippen molar-refractivity contribution in [1.82, 2.24) is 23.7 Å². The van der Waals surface area contributed by atoms with E-state index in [1.165, 1.54) is 24.8 Å². The van der Waals surface area contributed by atoms with E-state index in [-0.39, 0.29) is 5.78 Å². The molecule has 3 heterocycles. The Hall–Kier alpha value is -3.82. The first-order chi connectivity index (χ1) is 19.0. The summed E-state index contributed by atoms with van der Waals surface area (Å²) >= 11 is 5.06. The van der Waals surface area contributed by atoms with Gasteiger partial charge in [-0.05, 0) is 73.3 Å². The van der Waals surface area contributed by atoms with Crippen molar-refractivity contribution < 1.29 is 4.79 Å². The molecule has 0 bridgehead atoms. The molecule has 0 radical (unpaired) electrons. The average Bonchev–Trinajstić information content (AvgIpc) is 3.47. The van der Waals surface area contributed by atoms with Crippen molar-refractivity contribution in [3.8, 4) is 5.69 Å². The van der Waals surface area contributed by atoms with E-state index in [9.17, 15) is 4.79 Å². The average molecular weight is 600 g/mol. The molecule has 196 valence electrons. The molecular formula is C30H27BrN6OS. The van der Waals surface area contributed by atoms with Crippen LogP contribution in [0.3, 0.4) is 0 Å². The van der Waals surface area contributed by atoms with Crippen LogP contribution in [-0.2, 0) is 0 Å². The van der Waals surface area contributed by atoms with Crippen LogP contribution in [0.25, 0.3) is 27.6 Å². The van der Waals surface area contributed by atoms with Crippen LogP contribution in [0.4, 0.5) is 5.82 Å². The van der Waals surface area contributed by atoms with E-state index in [0.717, 1.165) is 42.8 Å². The Bertz CT molecular complexity index is 1820. The van der Waals surface area contributed by atoms with Crippen LogP contribution in [-0.4, -0.2) is 29.5 Å². The highest BCUT2D eigenvalue weighted by Gasteiger charge is 2.27. The quantitative estimate of drug-likeness (QED) is 0.191. The first-order valence-electron chi connectivity index (χ1n) is 13.0. The molecule has 0 aliphatic heterocycles. The smallest absolute Gasteiger partial charge is 0.215 e. The SMILES string of the molecule is CC.Nc1c(C(=O)c2cc3ccc(Br)cc3n2Sc2ccccc2)cnn1-c1ccc2nc(C3CC3)[nH]c2c1. The van der Waals surface area contributed by atoms with Crippen molar-refractivity contribution in [2.45, 2.75) is 37.5 Å². The zero-order valence-corrected chi connectivity index (χ0v) is 24.0. The van der Waals surface area contributed by atoms with Crippen molar-refractivity contribution in [3.05, 3.63) is 101 Å². The van der Waals surface area contributed by atoms with Crippen molar-refractivity contribution >= 4 is 61.4 Å². The minimum Gasteiger partial charge on any atom is -0.383 e. The summed E-state index contributed by atoms with van der Waals surface area (Å²) in [7, 11) is 0. The number of carbonyl (C=O) groups excluding carboxylic acids is 1. The summed E-state index contributed by atoms with van der Waals surface area (Å²) in [4.78, 5) is 23.0. The number of benzene rings is 3. The normalized spacial score (nSPS) is 13.0. The minimum atomic E-state index is -0.182. The van der Waals surface area contributed by atoms with Crippen LogP contribution in [0.15, 0.2) is 88.4 Å². The molecule has 1 saturated carbocycles. The second-order valence-electron chi connectivity index (χ2n) is 9.21. The van der Waals surface area contributed by atoms with Gasteiger partial charge in [0.25, 0.3) is 0 Å². The maximum atomic E-state index is 13.9.